The Kier molecular flexibility index (Phi) is 3.59. The van der Waals surface area contributed by atoms with Gasteiger partial charge >= 0.3 is 0 Å². The first-order chi connectivity index (χ1) is 9.04. The lowest BCUT2D eigenvalue weighted by Gasteiger charge is -2.30. The number of amides is 1. The summed E-state index contributed by atoms with van der Waals surface area (Å²) in [4.78, 5) is 24.1. The van der Waals surface area contributed by atoms with Crippen molar-refractivity contribution in [1.29, 1.82) is 0 Å². The van der Waals surface area contributed by atoms with Gasteiger partial charge < -0.3 is 5.32 Å². The second-order valence-electron chi connectivity index (χ2n) is 4.61. The fraction of sp³-hybridized carbons (Fsp3) is 0.385. The lowest BCUT2D eigenvalue weighted by Crippen LogP contribution is -2.59. The Labute approximate surface area is 111 Å². The van der Waals surface area contributed by atoms with Crippen molar-refractivity contribution in [2.45, 2.75) is 25.8 Å². The van der Waals surface area contributed by atoms with Crippen molar-refractivity contribution in [2.75, 3.05) is 11.9 Å². The summed E-state index contributed by atoms with van der Waals surface area (Å²) >= 11 is 0. The molecule has 1 amide bonds. The first kappa shape index (κ1) is 13.2. The Balaban J connectivity index is 2.19. The van der Waals surface area contributed by atoms with E-state index < -0.39 is 11.4 Å². The van der Waals surface area contributed by atoms with Gasteiger partial charge in [-0.25, -0.2) is 0 Å². The lowest BCUT2D eigenvalue weighted by molar-refractivity contribution is -0.134. The van der Waals surface area contributed by atoms with Gasteiger partial charge in [-0.05, 0) is 26.0 Å². The molecule has 1 aliphatic rings. The SMILES string of the molecule is CC(=O)C1(C(=O)Nc2ccc(C)cc2)CCN=NN1. The van der Waals surface area contributed by atoms with Gasteiger partial charge in [0.25, 0.3) is 5.91 Å². The molecule has 1 aliphatic heterocycles. The number of rotatable bonds is 3. The number of hydrogen-bond acceptors (Lipinski definition) is 5. The van der Waals surface area contributed by atoms with Gasteiger partial charge in [-0.3, -0.25) is 15.0 Å². The summed E-state index contributed by atoms with van der Waals surface area (Å²) < 4.78 is 0. The maximum atomic E-state index is 12.3. The van der Waals surface area contributed by atoms with Gasteiger partial charge in [0, 0.05) is 12.1 Å². The topological polar surface area (TPSA) is 82.9 Å². The number of nitrogens with zero attached hydrogens (tertiary/aromatic N) is 2. The number of Topliss-reactive ketones (excluding diaryl/α,β-unsaturated/α-hetero) is 1. The molecule has 0 spiro atoms. The molecule has 2 rings (SSSR count). The minimum atomic E-state index is -1.31. The number of nitrogens with one attached hydrogen (secondary N) is 2. The number of carbonyl (C=O) groups is 2. The van der Waals surface area contributed by atoms with E-state index in [1.54, 1.807) is 12.1 Å². The van der Waals surface area contributed by atoms with E-state index in [0.29, 0.717) is 18.7 Å². The van der Waals surface area contributed by atoms with Gasteiger partial charge in [-0.1, -0.05) is 22.9 Å². The molecule has 6 nitrogen and oxygen atoms in total. The van der Waals surface area contributed by atoms with E-state index in [2.05, 4.69) is 21.1 Å². The lowest BCUT2D eigenvalue weighted by atomic mass is 9.90. The second-order valence-corrected chi connectivity index (χ2v) is 4.61. The van der Waals surface area contributed by atoms with Crippen LogP contribution < -0.4 is 10.7 Å². The zero-order chi connectivity index (χ0) is 13.9. The highest BCUT2D eigenvalue weighted by Crippen LogP contribution is 2.19. The average Bonchev–Trinajstić information content (AvgIpc) is 2.42. The second kappa shape index (κ2) is 5.17. The highest BCUT2D eigenvalue weighted by Gasteiger charge is 2.44. The van der Waals surface area contributed by atoms with Gasteiger partial charge in [0.2, 0.25) is 0 Å². The van der Waals surface area contributed by atoms with Crippen molar-refractivity contribution >= 4 is 17.4 Å². The molecule has 0 aromatic heterocycles. The average molecular weight is 260 g/mol. The molecule has 0 aliphatic carbocycles. The first-order valence-electron chi connectivity index (χ1n) is 6.07. The molecular formula is C13H16N4O2. The van der Waals surface area contributed by atoms with E-state index in [1.165, 1.54) is 6.92 Å². The molecular weight excluding hydrogens is 244 g/mol. The maximum Gasteiger partial charge on any atom is 0.259 e. The molecule has 2 N–H and O–H groups in total. The number of aryl methyl sites for hydroxylation is 1. The van der Waals surface area contributed by atoms with Crippen molar-refractivity contribution < 1.29 is 9.59 Å². The number of benzene rings is 1. The summed E-state index contributed by atoms with van der Waals surface area (Å²) in [6.45, 7) is 3.70. The van der Waals surface area contributed by atoms with E-state index in [0.717, 1.165) is 5.56 Å². The maximum absolute atomic E-state index is 12.3. The van der Waals surface area contributed by atoms with Crippen LogP contribution in [0.2, 0.25) is 0 Å². The van der Waals surface area contributed by atoms with Crippen molar-refractivity contribution in [2.24, 2.45) is 10.3 Å². The Hall–Kier alpha value is -2.24. The molecule has 0 saturated carbocycles. The van der Waals surface area contributed by atoms with Crippen LogP contribution in [0.1, 0.15) is 18.9 Å². The van der Waals surface area contributed by atoms with Crippen LogP contribution in [0.5, 0.6) is 0 Å². The molecule has 100 valence electrons. The van der Waals surface area contributed by atoms with Crippen LogP contribution in [0.3, 0.4) is 0 Å². The Morgan fingerprint density at radius 2 is 2.00 bits per heavy atom. The molecule has 6 heteroatoms. The van der Waals surface area contributed by atoms with Crippen molar-refractivity contribution in [1.82, 2.24) is 5.43 Å². The van der Waals surface area contributed by atoms with E-state index in [-0.39, 0.29) is 5.78 Å². The molecule has 1 aromatic rings. The minimum absolute atomic E-state index is 0.268. The van der Waals surface area contributed by atoms with Gasteiger partial charge in [0.15, 0.2) is 11.3 Å². The molecule has 0 bridgehead atoms. The number of carbonyl (C=O) groups excluding carboxylic acids is 2. The monoisotopic (exact) mass is 260 g/mol. The molecule has 1 aromatic carbocycles. The fourth-order valence-electron chi connectivity index (χ4n) is 1.90. The summed E-state index contributed by atoms with van der Waals surface area (Å²) in [7, 11) is 0. The van der Waals surface area contributed by atoms with Gasteiger partial charge in [-0.15, -0.1) is 0 Å². The van der Waals surface area contributed by atoms with E-state index >= 15 is 0 Å². The van der Waals surface area contributed by atoms with Crippen LogP contribution in [-0.2, 0) is 9.59 Å². The smallest absolute Gasteiger partial charge is 0.259 e. The van der Waals surface area contributed by atoms with Crippen LogP contribution in [0, 0.1) is 6.92 Å². The summed E-state index contributed by atoms with van der Waals surface area (Å²) in [6.07, 6.45) is 0.309. The molecule has 0 fully saturated rings. The number of anilines is 1. The van der Waals surface area contributed by atoms with Crippen molar-refractivity contribution in [3.8, 4) is 0 Å². The highest BCUT2D eigenvalue weighted by atomic mass is 16.2. The summed E-state index contributed by atoms with van der Waals surface area (Å²) in [5.74, 6) is -0.668. The Bertz CT molecular complexity index is 524. The Morgan fingerprint density at radius 3 is 2.53 bits per heavy atom. The summed E-state index contributed by atoms with van der Waals surface area (Å²) in [5.41, 5.74) is 3.00. The molecule has 0 radical (unpaired) electrons. The van der Waals surface area contributed by atoms with Gasteiger partial charge in [0.05, 0.1) is 6.54 Å². The van der Waals surface area contributed by atoms with Crippen molar-refractivity contribution in [3.63, 3.8) is 0 Å². The van der Waals surface area contributed by atoms with Crippen LogP contribution >= 0.6 is 0 Å². The zero-order valence-electron chi connectivity index (χ0n) is 10.9. The number of hydrogen-bond donors (Lipinski definition) is 2. The Morgan fingerprint density at radius 1 is 1.32 bits per heavy atom. The third-order valence-electron chi connectivity index (χ3n) is 3.20. The van der Waals surface area contributed by atoms with E-state index in [4.69, 9.17) is 0 Å². The van der Waals surface area contributed by atoms with Crippen LogP contribution in [-0.4, -0.2) is 23.8 Å². The zero-order valence-corrected chi connectivity index (χ0v) is 10.9. The molecule has 1 heterocycles. The molecule has 19 heavy (non-hydrogen) atoms. The largest absolute Gasteiger partial charge is 0.324 e. The van der Waals surface area contributed by atoms with Gasteiger partial charge in [0.1, 0.15) is 0 Å². The molecule has 1 atom stereocenters. The quantitative estimate of drug-likeness (QED) is 0.810. The highest BCUT2D eigenvalue weighted by molar-refractivity contribution is 6.14. The van der Waals surface area contributed by atoms with Crippen LogP contribution in [0.25, 0.3) is 0 Å². The van der Waals surface area contributed by atoms with Crippen LogP contribution in [0.4, 0.5) is 5.69 Å². The molecule has 1 unspecified atom stereocenters. The van der Waals surface area contributed by atoms with E-state index in [9.17, 15) is 9.59 Å². The summed E-state index contributed by atoms with van der Waals surface area (Å²) in [5, 5.41) is 10.1. The van der Waals surface area contributed by atoms with Crippen LogP contribution in [0.15, 0.2) is 34.6 Å². The molecule has 0 saturated heterocycles. The third-order valence-corrected chi connectivity index (χ3v) is 3.20. The standard InChI is InChI=1S/C13H16N4O2/c1-9-3-5-11(6-4-9)15-12(19)13(10(2)18)7-8-14-17-16-13/h3-6H,7-8H2,1-2H3,(H,14,16)(H,15,19). The first-order valence-corrected chi connectivity index (χ1v) is 6.07. The van der Waals surface area contributed by atoms with E-state index in [1.807, 2.05) is 19.1 Å². The number of ketones is 1. The van der Waals surface area contributed by atoms with Crippen molar-refractivity contribution in [3.05, 3.63) is 29.8 Å². The predicted molar refractivity (Wildman–Crippen MR) is 70.7 cm³/mol. The normalized spacial score (nSPS) is 21.6. The third kappa shape index (κ3) is 2.62. The predicted octanol–water partition coefficient (Wildman–Crippen LogP) is 1.62. The fourth-order valence-corrected chi connectivity index (χ4v) is 1.90. The van der Waals surface area contributed by atoms with Gasteiger partial charge in [-0.2, -0.15) is 5.11 Å². The summed E-state index contributed by atoms with van der Waals surface area (Å²) in [6, 6.07) is 7.38. The minimum Gasteiger partial charge on any atom is -0.324 e.